The second-order valence-corrected chi connectivity index (χ2v) is 6.00. The maximum absolute atomic E-state index is 9.33. The van der Waals surface area contributed by atoms with Gasteiger partial charge in [0.05, 0.1) is 16.8 Å². The molecule has 1 aliphatic carbocycles. The lowest BCUT2D eigenvalue weighted by Crippen LogP contribution is -2.37. The third-order valence-corrected chi connectivity index (χ3v) is 4.36. The van der Waals surface area contributed by atoms with Crippen LogP contribution in [0.1, 0.15) is 31.4 Å². The van der Waals surface area contributed by atoms with Gasteiger partial charge in [-0.05, 0) is 50.4 Å². The molecule has 0 aromatic heterocycles. The maximum atomic E-state index is 9.33. The van der Waals surface area contributed by atoms with Crippen molar-refractivity contribution in [2.24, 2.45) is 5.92 Å². The van der Waals surface area contributed by atoms with E-state index in [9.17, 15) is 5.11 Å². The first-order valence-electron chi connectivity index (χ1n) is 6.87. The zero-order chi connectivity index (χ0) is 14.0. The number of anilines is 1. The smallest absolute Gasteiger partial charge is 0.0642 e. The van der Waals surface area contributed by atoms with Crippen LogP contribution in [0.4, 0.5) is 5.69 Å². The highest BCUT2D eigenvalue weighted by atomic mass is 35.5. The fourth-order valence-electron chi connectivity index (χ4n) is 2.60. The van der Waals surface area contributed by atoms with E-state index in [-0.39, 0.29) is 6.10 Å². The van der Waals surface area contributed by atoms with Crippen LogP contribution in [0.3, 0.4) is 0 Å². The van der Waals surface area contributed by atoms with E-state index in [1.807, 2.05) is 13.1 Å². The number of aliphatic hydroxyl groups is 1. The predicted octanol–water partition coefficient (Wildman–Crippen LogP) is 2.83. The summed E-state index contributed by atoms with van der Waals surface area (Å²) < 4.78 is 0. The first kappa shape index (κ1) is 14.6. The van der Waals surface area contributed by atoms with Crippen molar-refractivity contribution >= 4 is 17.3 Å². The Morgan fingerprint density at radius 3 is 2.68 bits per heavy atom. The fraction of sp³-hybridized carbons (Fsp3) is 0.600. The van der Waals surface area contributed by atoms with Crippen LogP contribution in [0.2, 0.25) is 5.02 Å². The molecule has 1 saturated carbocycles. The molecule has 0 radical (unpaired) electrons. The van der Waals surface area contributed by atoms with Crippen molar-refractivity contribution in [2.45, 2.75) is 31.9 Å². The maximum Gasteiger partial charge on any atom is 0.0642 e. The molecule has 2 N–H and O–H groups in total. The number of hydrogen-bond donors (Lipinski definition) is 2. The Balaban J connectivity index is 2.03. The second-order valence-electron chi connectivity index (χ2n) is 5.59. The minimum atomic E-state index is -0.0901. The van der Waals surface area contributed by atoms with Gasteiger partial charge in [-0.3, -0.25) is 0 Å². The van der Waals surface area contributed by atoms with E-state index in [0.29, 0.717) is 12.0 Å². The summed E-state index contributed by atoms with van der Waals surface area (Å²) >= 11 is 6.38. The molecule has 1 aliphatic rings. The molecule has 4 heteroatoms. The van der Waals surface area contributed by atoms with Gasteiger partial charge < -0.3 is 15.3 Å². The summed E-state index contributed by atoms with van der Waals surface area (Å²) in [5.74, 6) is 0.590. The zero-order valence-electron chi connectivity index (χ0n) is 11.9. The van der Waals surface area contributed by atoms with Gasteiger partial charge in [0.1, 0.15) is 0 Å². The molecule has 0 amide bonds. The second kappa shape index (κ2) is 6.12. The van der Waals surface area contributed by atoms with E-state index < -0.39 is 0 Å². The predicted molar refractivity (Wildman–Crippen MR) is 80.9 cm³/mol. The van der Waals surface area contributed by atoms with Crippen molar-refractivity contribution in [3.63, 3.8) is 0 Å². The van der Waals surface area contributed by atoms with Crippen molar-refractivity contribution in [1.29, 1.82) is 0 Å². The molecule has 0 heterocycles. The van der Waals surface area contributed by atoms with E-state index in [1.165, 1.54) is 5.56 Å². The van der Waals surface area contributed by atoms with Gasteiger partial charge >= 0.3 is 0 Å². The minimum absolute atomic E-state index is 0.0901. The van der Waals surface area contributed by atoms with E-state index in [4.69, 9.17) is 11.6 Å². The van der Waals surface area contributed by atoms with Crippen molar-refractivity contribution in [2.75, 3.05) is 25.5 Å². The summed E-state index contributed by atoms with van der Waals surface area (Å²) in [6.07, 6.45) is 1.74. The molecule has 0 aliphatic heterocycles. The lowest BCUT2D eigenvalue weighted by atomic mass is 9.82. The molecule has 1 aromatic rings. The summed E-state index contributed by atoms with van der Waals surface area (Å²) in [5.41, 5.74) is 2.26. The van der Waals surface area contributed by atoms with E-state index in [2.05, 4.69) is 36.3 Å². The minimum Gasteiger partial charge on any atom is -0.393 e. The molecule has 0 spiro atoms. The normalized spacial score (nSPS) is 23.8. The van der Waals surface area contributed by atoms with Crippen LogP contribution < -0.4 is 10.2 Å². The summed E-state index contributed by atoms with van der Waals surface area (Å²) in [6, 6.07) is 6.54. The molecular weight excluding hydrogens is 260 g/mol. The number of aliphatic hydroxyl groups excluding tert-OH is 1. The van der Waals surface area contributed by atoms with Gasteiger partial charge in [0.2, 0.25) is 0 Å². The lowest BCUT2D eigenvalue weighted by molar-refractivity contribution is 0.0465. The van der Waals surface area contributed by atoms with Crippen molar-refractivity contribution in [3.05, 3.63) is 28.8 Å². The number of nitrogens with zero attached hydrogens (tertiary/aromatic N) is 1. The van der Waals surface area contributed by atoms with Crippen LogP contribution in [-0.4, -0.2) is 31.9 Å². The quantitative estimate of drug-likeness (QED) is 0.872. The molecule has 19 heavy (non-hydrogen) atoms. The Morgan fingerprint density at radius 2 is 2.16 bits per heavy atom. The van der Waals surface area contributed by atoms with Crippen LogP contribution >= 0.6 is 11.6 Å². The van der Waals surface area contributed by atoms with E-state index >= 15 is 0 Å². The van der Waals surface area contributed by atoms with Crippen LogP contribution in [0.25, 0.3) is 0 Å². The summed E-state index contributed by atoms with van der Waals surface area (Å²) in [5, 5.41) is 13.3. The Labute approximate surface area is 120 Å². The van der Waals surface area contributed by atoms with E-state index in [1.54, 1.807) is 0 Å². The molecular formula is C15H23ClN2O. The molecule has 106 valence electrons. The Hall–Kier alpha value is -0.770. The third-order valence-electron chi connectivity index (χ3n) is 4.06. The highest BCUT2D eigenvalue weighted by molar-refractivity contribution is 6.33. The van der Waals surface area contributed by atoms with Gasteiger partial charge in [-0.25, -0.2) is 0 Å². The standard InChI is InChI=1S/C15H23ClN2O/c1-10(17-2)12-4-5-15(14(16)8-12)18(3)9-11-6-13(19)7-11/h4-5,8,10-11,13,17,19H,6-7,9H2,1-3H3. The molecule has 1 fully saturated rings. The van der Waals surface area contributed by atoms with Crippen LogP contribution in [0.5, 0.6) is 0 Å². The van der Waals surface area contributed by atoms with Gasteiger partial charge in [-0.2, -0.15) is 0 Å². The van der Waals surface area contributed by atoms with Gasteiger partial charge in [0, 0.05) is 19.6 Å². The number of nitrogens with one attached hydrogen (secondary N) is 1. The Bertz CT molecular complexity index is 432. The van der Waals surface area contributed by atoms with Crippen LogP contribution in [-0.2, 0) is 0 Å². The van der Waals surface area contributed by atoms with Crippen molar-refractivity contribution in [1.82, 2.24) is 5.32 Å². The number of rotatable bonds is 5. The number of benzene rings is 1. The SMILES string of the molecule is CNC(C)c1ccc(N(C)CC2CC(O)C2)c(Cl)c1. The zero-order valence-corrected chi connectivity index (χ0v) is 12.6. The Kier molecular flexibility index (Phi) is 4.71. The summed E-state index contributed by atoms with van der Waals surface area (Å²) in [7, 11) is 4.01. The molecule has 0 saturated heterocycles. The average Bonchev–Trinajstić information content (AvgIpc) is 2.35. The van der Waals surface area contributed by atoms with Crippen molar-refractivity contribution in [3.8, 4) is 0 Å². The fourth-order valence-corrected chi connectivity index (χ4v) is 2.94. The molecule has 3 nitrogen and oxygen atoms in total. The van der Waals surface area contributed by atoms with Gasteiger partial charge in [-0.15, -0.1) is 0 Å². The van der Waals surface area contributed by atoms with Crippen LogP contribution in [0.15, 0.2) is 18.2 Å². The number of hydrogen-bond acceptors (Lipinski definition) is 3. The largest absolute Gasteiger partial charge is 0.393 e. The summed E-state index contributed by atoms with van der Waals surface area (Å²) in [4.78, 5) is 2.19. The number of halogens is 1. The monoisotopic (exact) mass is 282 g/mol. The highest BCUT2D eigenvalue weighted by Crippen LogP contribution is 2.32. The molecule has 2 rings (SSSR count). The third kappa shape index (κ3) is 3.41. The lowest BCUT2D eigenvalue weighted by Gasteiger charge is -2.35. The van der Waals surface area contributed by atoms with Gasteiger partial charge in [0.25, 0.3) is 0 Å². The highest BCUT2D eigenvalue weighted by Gasteiger charge is 2.28. The van der Waals surface area contributed by atoms with Gasteiger partial charge in [-0.1, -0.05) is 17.7 Å². The van der Waals surface area contributed by atoms with E-state index in [0.717, 1.165) is 30.1 Å². The Morgan fingerprint density at radius 1 is 1.47 bits per heavy atom. The van der Waals surface area contributed by atoms with Gasteiger partial charge in [0.15, 0.2) is 0 Å². The summed E-state index contributed by atoms with van der Waals surface area (Å²) in [6.45, 7) is 3.07. The average molecular weight is 283 g/mol. The topological polar surface area (TPSA) is 35.5 Å². The molecule has 1 unspecified atom stereocenters. The first-order valence-corrected chi connectivity index (χ1v) is 7.25. The first-order chi connectivity index (χ1) is 9.01. The van der Waals surface area contributed by atoms with Crippen LogP contribution in [0, 0.1) is 5.92 Å². The molecule has 1 atom stereocenters. The van der Waals surface area contributed by atoms with Crippen molar-refractivity contribution < 1.29 is 5.11 Å². The molecule has 0 bridgehead atoms. The molecule has 1 aromatic carbocycles.